The Labute approximate surface area is 208 Å². The molecule has 0 saturated carbocycles. The highest BCUT2D eigenvalue weighted by molar-refractivity contribution is 8.01. The predicted octanol–water partition coefficient (Wildman–Crippen LogP) is 1.59. The van der Waals surface area contributed by atoms with Crippen LogP contribution in [-0.4, -0.2) is 101 Å². The van der Waals surface area contributed by atoms with Crippen molar-refractivity contribution in [2.45, 2.75) is 56.2 Å². The number of benzene rings is 1. The van der Waals surface area contributed by atoms with Crippen molar-refractivity contribution in [3.05, 3.63) is 29.8 Å². The van der Waals surface area contributed by atoms with Crippen molar-refractivity contribution >= 4 is 29.3 Å². The van der Waals surface area contributed by atoms with Crippen molar-refractivity contribution in [3.63, 3.8) is 0 Å². The summed E-state index contributed by atoms with van der Waals surface area (Å²) in [7, 11) is 0. The number of nitrogens with two attached hydrogens (primary N) is 1. The van der Waals surface area contributed by atoms with Crippen molar-refractivity contribution in [1.82, 2.24) is 14.7 Å². The Morgan fingerprint density at radius 2 is 1.94 bits per heavy atom. The van der Waals surface area contributed by atoms with Gasteiger partial charge in [0.15, 0.2) is 0 Å². The van der Waals surface area contributed by atoms with Crippen LogP contribution in [0.1, 0.15) is 38.7 Å². The molecule has 4 N–H and O–H groups in total. The maximum Gasteiger partial charge on any atom is 0.242 e. The minimum atomic E-state index is -0.813. The van der Waals surface area contributed by atoms with Crippen LogP contribution in [0.3, 0.4) is 0 Å². The second-order valence-electron chi connectivity index (χ2n) is 9.09. The number of thioether (sulfide) groups is 1. The summed E-state index contributed by atoms with van der Waals surface area (Å²) in [5, 5.41) is 12.0. The molecule has 0 aromatic heterocycles. The number of anilines is 1. The molecular formula is C25H41N5O3S. The van der Waals surface area contributed by atoms with Crippen molar-refractivity contribution in [1.29, 1.82) is 0 Å². The topological polar surface area (TPSA) is 102 Å². The predicted molar refractivity (Wildman–Crippen MR) is 139 cm³/mol. The number of rotatable bonds is 13. The number of likely N-dealkylation sites (tertiary alicyclic amines) is 1. The Hall–Kier alpha value is -1.81. The second kappa shape index (κ2) is 13.3. The first-order chi connectivity index (χ1) is 16.5. The number of likely N-dealkylation sites (N-methyl/N-ethyl adjacent to an activating group) is 1. The SMILES string of the molecule is CCCN(CCO)C(=O)C(N)[C@@H]1S[C@H](CNc2ccc(CCN3CCCC3)cc2)C(=O)N1CC. The van der Waals surface area contributed by atoms with Crippen LogP contribution in [0, 0.1) is 0 Å². The molecule has 1 unspecified atom stereocenters. The highest BCUT2D eigenvalue weighted by Gasteiger charge is 2.44. The average molecular weight is 492 g/mol. The number of aliphatic hydroxyl groups excluding tert-OH is 1. The van der Waals surface area contributed by atoms with E-state index in [9.17, 15) is 14.7 Å². The van der Waals surface area contributed by atoms with Gasteiger partial charge in [-0.3, -0.25) is 9.59 Å². The fourth-order valence-electron chi connectivity index (χ4n) is 4.71. The van der Waals surface area contributed by atoms with Crippen LogP contribution in [0.4, 0.5) is 5.69 Å². The first-order valence-corrected chi connectivity index (χ1v) is 13.6. The number of carbonyl (C=O) groups is 2. The van der Waals surface area contributed by atoms with Crippen LogP contribution in [0.2, 0.25) is 0 Å². The summed E-state index contributed by atoms with van der Waals surface area (Å²) in [6, 6.07) is 7.64. The van der Waals surface area contributed by atoms with Gasteiger partial charge in [0.05, 0.1) is 6.61 Å². The molecule has 1 aromatic carbocycles. The van der Waals surface area contributed by atoms with Gasteiger partial charge in [-0.2, -0.15) is 0 Å². The molecule has 2 aliphatic rings. The van der Waals surface area contributed by atoms with Gasteiger partial charge in [0.1, 0.15) is 16.7 Å². The average Bonchev–Trinajstić information content (AvgIpc) is 3.48. The highest BCUT2D eigenvalue weighted by Crippen LogP contribution is 2.34. The number of hydrogen-bond donors (Lipinski definition) is 3. The zero-order valence-electron chi connectivity index (χ0n) is 20.6. The van der Waals surface area contributed by atoms with Crippen LogP contribution >= 0.6 is 11.8 Å². The van der Waals surface area contributed by atoms with Crippen LogP contribution in [0.15, 0.2) is 24.3 Å². The van der Waals surface area contributed by atoms with Crippen molar-refractivity contribution < 1.29 is 14.7 Å². The molecule has 0 spiro atoms. The maximum atomic E-state index is 13.0. The van der Waals surface area contributed by atoms with Gasteiger partial charge in [0.2, 0.25) is 11.8 Å². The Kier molecular flexibility index (Phi) is 10.5. The zero-order chi connectivity index (χ0) is 24.5. The summed E-state index contributed by atoms with van der Waals surface area (Å²) in [6.07, 6.45) is 4.48. The van der Waals surface area contributed by atoms with Crippen LogP contribution in [0.25, 0.3) is 0 Å². The summed E-state index contributed by atoms with van der Waals surface area (Å²) in [4.78, 5) is 31.8. The lowest BCUT2D eigenvalue weighted by Crippen LogP contribution is -2.54. The van der Waals surface area contributed by atoms with E-state index < -0.39 is 11.4 Å². The molecule has 2 saturated heterocycles. The van der Waals surface area contributed by atoms with Crippen molar-refractivity contribution in [2.24, 2.45) is 5.73 Å². The van der Waals surface area contributed by atoms with E-state index in [0.29, 0.717) is 19.6 Å². The molecule has 9 heteroatoms. The van der Waals surface area contributed by atoms with Crippen LogP contribution < -0.4 is 11.1 Å². The number of amides is 2. The van der Waals surface area contributed by atoms with Crippen molar-refractivity contribution in [2.75, 3.05) is 57.7 Å². The Balaban J connectivity index is 1.53. The molecule has 3 atom stereocenters. The van der Waals surface area contributed by atoms with Gasteiger partial charge < -0.3 is 30.9 Å². The third-order valence-corrected chi connectivity index (χ3v) is 8.16. The number of aliphatic hydroxyl groups is 1. The highest BCUT2D eigenvalue weighted by atomic mass is 32.2. The lowest BCUT2D eigenvalue weighted by molar-refractivity contribution is -0.135. The Morgan fingerprint density at radius 3 is 2.56 bits per heavy atom. The summed E-state index contributed by atoms with van der Waals surface area (Å²) in [6.45, 7) is 9.14. The zero-order valence-corrected chi connectivity index (χ0v) is 21.4. The minimum absolute atomic E-state index is 0.0136. The normalized spacial score (nSPS) is 21.8. The largest absolute Gasteiger partial charge is 0.395 e. The van der Waals surface area contributed by atoms with Gasteiger partial charge in [-0.15, -0.1) is 11.8 Å². The molecule has 2 fully saturated rings. The van der Waals surface area contributed by atoms with E-state index in [0.717, 1.165) is 25.1 Å². The third-order valence-electron chi connectivity index (χ3n) is 6.64. The summed E-state index contributed by atoms with van der Waals surface area (Å²) in [5.41, 5.74) is 8.67. The van der Waals surface area contributed by atoms with E-state index in [2.05, 4.69) is 34.5 Å². The standard InChI is InChI=1S/C25H41N5O3S/c1-3-12-29(16-17-31)24(33)22(26)25-30(4-2)23(32)21(34-25)18-27-20-9-7-19(8-10-20)11-15-28-13-5-6-14-28/h7-10,21-22,25,27,31H,3-6,11-18,26H2,1-2H3/t21-,22?,25+/m1/s1. The van der Waals surface area contributed by atoms with E-state index in [1.165, 1.54) is 43.3 Å². The second-order valence-corrected chi connectivity index (χ2v) is 10.4. The van der Waals surface area contributed by atoms with E-state index in [1.54, 1.807) is 9.80 Å². The van der Waals surface area contributed by atoms with Gasteiger partial charge in [0.25, 0.3) is 0 Å². The molecule has 0 aliphatic carbocycles. The molecule has 2 amide bonds. The summed E-state index contributed by atoms with van der Waals surface area (Å²) < 4.78 is 0. The third kappa shape index (κ3) is 6.87. The summed E-state index contributed by atoms with van der Waals surface area (Å²) in [5.74, 6) is -0.197. The molecule has 0 radical (unpaired) electrons. The van der Waals surface area contributed by atoms with Gasteiger partial charge in [-0.25, -0.2) is 0 Å². The van der Waals surface area contributed by atoms with E-state index in [1.807, 2.05) is 13.8 Å². The lowest BCUT2D eigenvalue weighted by atomic mass is 10.1. The Bertz CT molecular complexity index is 781. The van der Waals surface area contributed by atoms with Gasteiger partial charge in [-0.1, -0.05) is 19.1 Å². The molecule has 8 nitrogen and oxygen atoms in total. The van der Waals surface area contributed by atoms with E-state index in [-0.39, 0.29) is 30.2 Å². The maximum absolute atomic E-state index is 13.0. The number of nitrogens with one attached hydrogen (secondary N) is 1. The van der Waals surface area contributed by atoms with Gasteiger partial charge >= 0.3 is 0 Å². The Morgan fingerprint density at radius 1 is 1.24 bits per heavy atom. The number of carbonyl (C=O) groups excluding carboxylic acids is 2. The number of hydrogen-bond acceptors (Lipinski definition) is 7. The van der Waals surface area contributed by atoms with E-state index >= 15 is 0 Å². The van der Waals surface area contributed by atoms with Crippen molar-refractivity contribution in [3.8, 4) is 0 Å². The molecule has 2 heterocycles. The molecule has 34 heavy (non-hydrogen) atoms. The van der Waals surface area contributed by atoms with Gasteiger partial charge in [-0.05, 0) is 63.4 Å². The molecule has 2 aliphatic heterocycles. The molecule has 0 bridgehead atoms. The number of nitrogens with zero attached hydrogens (tertiary/aromatic N) is 3. The molecular weight excluding hydrogens is 450 g/mol. The quantitative estimate of drug-likeness (QED) is 0.385. The lowest BCUT2D eigenvalue weighted by Gasteiger charge is -2.31. The summed E-state index contributed by atoms with van der Waals surface area (Å²) >= 11 is 1.46. The molecule has 1 aromatic rings. The minimum Gasteiger partial charge on any atom is -0.395 e. The molecule has 190 valence electrons. The fraction of sp³-hybridized carbons (Fsp3) is 0.680. The van der Waals surface area contributed by atoms with Gasteiger partial charge in [0, 0.05) is 38.4 Å². The van der Waals surface area contributed by atoms with Crippen LogP contribution in [-0.2, 0) is 16.0 Å². The first-order valence-electron chi connectivity index (χ1n) is 12.6. The monoisotopic (exact) mass is 491 g/mol. The van der Waals surface area contributed by atoms with E-state index in [4.69, 9.17) is 5.73 Å². The smallest absolute Gasteiger partial charge is 0.242 e. The first kappa shape index (κ1) is 26.8. The van der Waals surface area contributed by atoms with Crippen LogP contribution in [0.5, 0.6) is 0 Å². The molecule has 3 rings (SSSR count). The fourth-order valence-corrected chi connectivity index (χ4v) is 6.16.